The standard InChI is InChI=1S/C15H21NO4/c1-15(5-7-20-8-6-15)10-16-14(18)11-3-4-13(19-2)12(17)9-11/h3-4,9,17H,5-8,10H2,1-2H3,(H,16,18). The van der Waals surface area contributed by atoms with E-state index < -0.39 is 0 Å². The van der Waals surface area contributed by atoms with E-state index in [0.29, 0.717) is 17.9 Å². The highest BCUT2D eigenvalue weighted by molar-refractivity contribution is 5.94. The molecule has 20 heavy (non-hydrogen) atoms. The van der Waals surface area contributed by atoms with E-state index in [0.717, 1.165) is 26.1 Å². The molecule has 0 spiro atoms. The molecule has 0 bridgehead atoms. The monoisotopic (exact) mass is 279 g/mol. The second-order valence-electron chi connectivity index (χ2n) is 5.49. The van der Waals surface area contributed by atoms with Gasteiger partial charge in [0.25, 0.3) is 5.91 Å². The molecule has 5 heteroatoms. The van der Waals surface area contributed by atoms with Crippen LogP contribution in [-0.2, 0) is 4.74 Å². The molecule has 1 amide bonds. The summed E-state index contributed by atoms with van der Waals surface area (Å²) in [5.41, 5.74) is 0.515. The predicted molar refractivity (Wildman–Crippen MR) is 75.2 cm³/mol. The van der Waals surface area contributed by atoms with E-state index in [4.69, 9.17) is 9.47 Å². The van der Waals surface area contributed by atoms with Crippen molar-refractivity contribution in [2.45, 2.75) is 19.8 Å². The molecular weight excluding hydrogens is 258 g/mol. The van der Waals surface area contributed by atoms with Crippen molar-refractivity contribution in [1.29, 1.82) is 0 Å². The lowest BCUT2D eigenvalue weighted by Crippen LogP contribution is -2.39. The lowest BCUT2D eigenvalue weighted by molar-refractivity contribution is 0.0238. The maximum Gasteiger partial charge on any atom is 0.251 e. The number of nitrogens with one attached hydrogen (secondary N) is 1. The van der Waals surface area contributed by atoms with Crippen LogP contribution < -0.4 is 10.1 Å². The molecule has 2 N–H and O–H groups in total. The number of phenols is 1. The Morgan fingerprint density at radius 3 is 2.75 bits per heavy atom. The fourth-order valence-corrected chi connectivity index (χ4v) is 2.27. The van der Waals surface area contributed by atoms with Gasteiger partial charge in [0.1, 0.15) is 0 Å². The number of hydrogen-bond acceptors (Lipinski definition) is 4. The average Bonchev–Trinajstić information content (AvgIpc) is 2.45. The number of carbonyl (C=O) groups is 1. The Hall–Kier alpha value is -1.75. The molecule has 1 aliphatic rings. The number of methoxy groups -OCH3 is 1. The first-order valence-corrected chi connectivity index (χ1v) is 6.77. The minimum Gasteiger partial charge on any atom is -0.504 e. The van der Waals surface area contributed by atoms with Crippen LogP contribution in [0, 0.1) is 5.41 Å². The number of phenolic OH excluding ortho intramolecular Hbond substituents is 1. The van der Waals surface area contributed by atoms with E-state index in [1.807, 2.05) is 0 Å². The first-order valence-electron chi connectivity index (χ1n) is 6.77. The molecule has 0 aromatic heterocycles. The van der Waals surface area contributed by atoms with Gasteiger partial charge in [-0.25, -0.2) is 0 Å². The van der Waals surface area contributed by atoms with Gasteiger partial charge in [-0.2, -0.15) is 0 Å². The van der Waals surface area contributed by atoms with Gasteiger partial charge in [0.05, 0.1) is 7.11 Å². The van der Waals surface area contributed by atoms with E-state index in [9.17, 15) is 9.90 Å². The molecular formula is C15H21NO4. The predicted octanol–water partition coefficient (Wildman–Crippen LogP) is 1.95. The quantitative estimate of drug-likeness (QED) is 0.884. The number of carbonyl (C=O) groups excluding carboxylic acids is 1. The van der Waals surface area contributed by atoms with E-state index in [2.05, 4.69) is 12.2 Å². The Morgan fingerprint density at radius 2 is 2.15 bits per heavy atom. The van der Waals surface area contributed by atoms with Crippen LogP contribution in [0.5, 0.6) is 11.5 Å². The smallest absolute Gasteiger partial charge is 0.251 e. The van der Waals surface area contributed by atoms with Crippen LogP contribution in [0.3, 0.4) is 0 Å². The number of amides is 1. The summed E-state index contributed by atoms with van der Waals surface area (Å²) in [6.07, 6.45) is 1.89. The van der Waals surface area contributed by atoms with Crippen molar-refractivity contribution in [1.82, 2.24) is 5.32 Å². The fourth-order valence-electron chi connectivity index (χ4n) is 2.27. The van der Waals surface area contributed by atoms with Crippen molar-refractivity contribution in [2.24, 2.45) is 5.41 Å². The molecule has 0 radical (unpaired) electrons. The third-order valence-electron chi connectivity index (χ3n) is 3.82. The highest BCUT2D eigenvalue weighted by Crippen LogP contribution is 2.29. The number of benzene rings is 1. The van der Waals surface area contributed by atoms with Crippen molar-refractivity contribution in [3.05, 3.63) is 23.8 Å². The van der Waals surface area contributed by atoms with E-state index >= 15 is 0 Å². The lowest BCUT2D eigenvalue weighted by atomic mass is 9.82. The van der Waals surface area contributed by atoms with Crippen LogP contribution in [0.15, 0.2) is 18.2 Å². The van der Waals surface area contributed by atoms with Gasteiger partial charge >= 0.3 is 0 Å². The summed E-state index contributed by atoms with van der Waals surface area (Å²) in [4.78, 5) is 12.1. The third kappa shape index (κ3) is 3.42. The Bertz CT molecular complexity index is 481. The highest BCUT2D eigenvalue weighted by atomic mass is 16.5. The third-order valence-corrected chi connectivity index (χ3v) is 3.82. The summed E-state index contributed by atoms with van der Waals surface area (Å²) < 4.78 is 10.3. The van der Waals surface area contributed by atoms with Crippen molar-refractivity contribution < 1.29 is 19.4 Å². The van der Waals surface area contributed by atoms with Gasteiger partial charge in [0, 0.05) is 25.3 Å². The first-order chi connectivity index (χ1) is 9.54. The van der Waals surface area contributed by atoms with Gasteiger partial charge in [-0.05, 0) is 36.5 Å². The Labute approximate surface area is 118 Å². The van der Waals surface area contributed by atoms with Crippen LogP contribution in [0.1, 0.15) is 30.1 Å². The van der Waals surface area contributed by atoms with Crippen LogP contribution >= 0.6 is 0 Å². The fraction of sp³-hybridized carbons (Fsp3) is 0.533. The SMILES string of the molecule is COc1ccc(C(=O)NCC2(C)CCOCC2)cc1O. The summed E-state index contributed by atoms with van der Waals surface area (Å²) >= 11 is 0. The van der Waals surface area contributed by atoms with Gasteiger partial charge in [-0.1, -0.05) is 6.92 Å². The molecule has 5 nitrogen and oxygen atoms in total. The summed E-state index contributed by atoms with van der Waals surface area (Å²) in [5, 5.41) is 12.6. The highest BCUT2D eigenvalue weighted by Gasteiger charge is 2.27. The molecule has 0 unspecified atom stereocenters. The Kier molecular flexibility index (Phi) is 4.49. The molecule has 1 fully saturated rings. The van der Waals surface area contributed by atoms with Crippen molar-refractivity contribution >= 4 is 5.91 Å². The molecule has 110 valence electrons. The maximum absolute atomic E-state index is 12.1. The van der Waals surface area contributed by atoms with Gasteiger partial charge in [0.2, 0.25) is 0 Å². The van der Waals surface area contributed by atoms with Crippen LogP contribution in [-0.4, -0.2) is 37.9 Å². The normalized spacial score (nSPS) is 17.5. The average molecular weight is 279 g/mol. The second kappa shape index (κ2) is 6.13. The second-order valence-corrected chi connectivity index (χ2v) is 5.49. The molecule has 1 heterocycles. The van der Waals surface area contributed by atoms with E-state index in [1.165, 1.54) is 13.2 Å². The van der Waals surface area contributed by atoms with Crippen molar-refractivity contribution in [2.75, 3.05) is 26.9 Å². The molecule has 1 aromatic carbocycles. The largest absolute Gasteiger partial charge is 0.504 e. The minimum absolute atomic E-state index is 0.0302. The zero-order valence-corrected chi connectivity index (χ0v) is 11.9. The van der Waals surface area contributed by atoms with Gasteiger partial charge in [0.15, 0.2) is 11.5 Å². The van der Waals surface area contributed by atoms with Gasteiger partial charge in [-0.3, -0.25) is 4.79 Å². The molecule has 2 rings (SSSR count). The first kappa shape index (κ1) is 14.7. The number of hydrogen-bond donors (Lipinski definition) is 2. The lowest BCUT2D eigenvalue weighted by Gasteiger charge is -2.33. The van der Waals surface area contributed by atoms with E-state index in [1.54, 1.807) is 12.1 Å². The molecule has 1 aliphatic heterocycles. The summed E-state index contributed by atoms with van der Waals surface area (Å²) in [6, 6.07) is 4.64. The molecule has 0 atom stereocenters. The summed E-state index contributed by atoms with van der Waals surface area (Å²) in [7, 11) is 1.47. The zero-order chi connectivity index (χ0) is 14.6. The van der Waals surface area contributed by atoms with Crippen molar-refractivity contribution in [3.8, 4) is 11.5 Å². The number of ether oxygens (including phenoxy) is 2. The Morgan fingerprint density at radius 1 is 1.45 bits per heavy atom. The van der Waals surface area contributed by atoms with Crippen molar-refractivity contribution in [3.63, 3.8) is 0 Å². The maximum atomic E-state index is 12.1. The van der Waals surface area contributed by atoms with Crippen LogP contribution in [0.25, 0.3) is 0 Å². The van der Waals surface area contributed by atoms with Gasteiger partial charge in [-0.15, -0.1) is 0 Å². The summed E-state index contributed by atoms with van der Waals surface area (Å²) in [6.45, 7) is 4.26. The zero-order valence-electron chi connectivity index (χ0n) is 11.9. The summed E-state index contributed by atoms with van der Waals surface area (Å²) in [5.74, 6) is 0.144. The topological polar surface area (TPSA) is 67.8 Å². The van der Waals surface area contributed by atoms with Crippen LogP contribution in [0.2, 0.25) is 0 Å². The van der Waals surface area contributed by atoms with E-state index in [-0.39, 0.29) is 17.1 Å². The molecule has 1 saturated heterocycles. The van der Waals surface area contributed by atoms with Gasteiger partial charge < -0.3 is 19.9 Å². The number of rotatable bonds is 4. The number of aromatic hydroxyl groups is 1. The minimum atomic E-state index is -0.185. The molecule has 0 saturated carbocycles. The molecule has 1 aromatic rings. The Balaban J connectivity index is 1.96. The van der Waals surface area contributed by atoms with Crippen LogP contribution in [0.4, 0.5) is 0 Å². The molecule has 0 aliphatic carbocycles.